The summed E-state index contributed by atoms with van der Waals surface area (Å²) < 4.78 is 48.4. The van der Waals surface area contributed by atoms with Crippen LogP contribution in [0.4, 0.5) is 13.2 Å². The van der Waals surface area contributed by atoms with E-state index in [2.05, 4.69) is 0 Å². The van der Waals surface area contributed by atoms with Crippen molar-refractivity contribution in [3.05, 3.63) is 58.7 Å². The number of esters is 1. The van der Waals surface area contributed by atoms with Gasteiger partial charge >= 0.3 is 12.1 Å². The van der Waals surface area contributed by atoms with Gasteiger partial charge in [0.2, 0.25) is 0 Å². The van der Waals surface area contributed by atoms with E-state index in [0.29, 0.717) is 16.9 Å². The molecule has 0 aliphatic rings. The molecule has 0 radical (unpaired) electrons. The molecule has 2 aromatic carbocycles. The van der Waals surface area contributed by atoms with Gasteiger partial charge in [-0.15, -0.1) is 0 Å². The number of benzene rings is 2. The third-order valence-corrected chi connectivity index (χ3v) is 4.12. The van der Waals surface area contributed by atoms with E-state index in [9.17, 15) is 23.1 Å². The van der Waals surface area contributed by atoms with Gasteiger partial charge in [0.15, 0.2) is 0 Å². The molecule has 0 saturated carbocycles. The minimum Gasteiger partial charge on any atom is -0.507 e. The number of aromatic hydroxyl groups is 1. The van der Waals surface area contributed by atoms with E-state index in [0.717, 1.165) is 18.6 Å². The second-order valence-corrected chi connectivity index (χ2v) is 6.19. The molecule has 2 rings (SSSR count). The lowest BCUT2D eigenvalue weighted by atomic mass is 10.0. The van der Waals surface area contributed by atoms with Gasteiger partial charge in [-0.2, -0.15) is 13.2 Å². The molecule has 2 aromatic rings. The number of hydrogen-bond acceptors (Lipinski definition) is 4. The molecule has 4 nitrogen and oxygen atoms in total. The van der Waals surface area contributed by atoms with Gasteiger partial charge in [-0.1, -0.05) is 31.2 Å². The Bertz CT molecular complexity index is 855. The molecule has 1 atom stereocenters. The molecule has 28 heavy (non-hydrogen) atoms. The first-order chi connectivity index (χ1) is 13.2. The van der Waals surface area contributed by atoms with E-state index < -0.39 is 17.7 Å². The monoisotopic (exact) mass is 394 g/mol. The van der Waals surface area contributed by atoms with Crippen LogP contribution in [-0.2, 0) is 10.9 Å². The smallest absolute Gasteiger partial charge is 0.416 e. The van der Waals surface area contributed by atoms with Gasteiger partial charge < -0.3 is 14.6 Å². The molecule has 150 valence electrons. The number of carbonyl (C=O) groups excluding carboxylic acids is 1. The fraction of sp³-hybridized carbons (Fsp3) is 0.286. The number of halogens is 3. The highest BCUT2D eigenvalue weighted by Crippen LogP contribution is 2.32. The summed E-state index contributed by atoms with van der Waals surface area (Å²) in [7, 11) is 1.19. The molecule has 0 saturated heterocycles. The number of hydrogen-bond donors (Lipinski definition) is 1. The first-order valence-corrected chi connectivity index (χ1v) is 8.63. The summed E-state index contributed by atoms with van der Waals surface area (Å²) in [5.41, 5.74) is 0.0188. The highest BCUT2D eigenvalue weighted by Gasteiger charge is 2.29. The molecule has 0 spiro atoms. The zero-order valence-corrected chi connectivity index (χ0v) is 15.7. The van der Waals surface area contributed by atoms with Crippen molar-refractivity contribution in [2.24, 2.45) is 0 Å². The molecular weight excluding hydrogens is 373 g/mol. The lowest BCUT2D eigenvalue weighted by Gasteiger charge is -2.15. The van der Waals surface area contributed by atoms with Gasteiger partial charge in [0, 0.05) is 6.07 Å². The third kappa shape index (κ3) is 5.28. The maximum atomic E-state index is 12.7. The van der Waals surface area contributed by atoms with Crippen molar-refractivity contribution < 1.29 is 32.5 Å². The molecule has 7 heteroatoms. The number of phenolic OH excluding ortho intramolecular Hbond substituents is 1. The highest BCUT2D eigenvalue weighted by molar-refractivity contribution is 5.98. The number of ether oxygens (including phenoxy) is 2. The zero-order chi connectivity index (χ0) is 20.9. The molecule has 1 N–H and O–H groups in total. The fourth-order valence-electron chi connectivity index (χ4n) is 2.43. The zero-order valence-electron chi connectivity index (χ0n) is 15.7. The Kier molecular flexibility index (Phi) is 6.72. The largest absolute Gasteiger partial charge is 0.507 e. The topological polar surface area (TPSA) is 55.8 Å². The van der Waals surface area contributed by atoms with Gasteiger partial charge in [0.25, 0.3) is 0 Å². The summed E-state index contributed by atoms with van der Waals surface area (Å²) in [6.45, 7) is 3.81. The van der Waals surface area contributed by atoms with Gasteiger partial charge in [-0.05, 0) is 42.7 Å². The van der Waals surface area contributed by atoms with Gasteiger partial charge in [0.1, 0.15) is 17.1 Å². The SMILES string of the molecule is CCC(C)Oc1cc(O)c(C(=O)OC)c(C=Cc2ccc(C(F)(F)F)cc2)c1. The van der Waals surface area contributed by atoms with E-state index in [1.54, 1.807) is 6.07 Å². The minimum absolute atomic E-state index is 0.0536. The maximum absolute atomic E-state index is 12.7. The van der Waals surface area contributed by atoms with Crippen LogP contribution in [0.3, 0.4) is 0 Å². The Hall–Kier alpha value is -2.96. The summed E-state index contributed by atoms with van der Waals surface area (Å²) in [5.74, 6) is -0.675. The minimum atomic E-state index is -4.41. The van der Waals surface area contributed by atoms with Crippen molar-refractivity contribution in [3.63, 3.8) is 0 Å². The Morgan fingerprint density at radius 3 is 2.36 bits per heavy atom. The van der Waals surface area contributed by atoms with Crippen molar-refractivity contribution in [3.8, 4) is 11.5 Å². The quantitative estimate of drug-likeness (QED) is 0.516. The van der Waals surface area contributed by atoms with E-state index in [1.165, 1.54) is 37.5 Å². The molecule has 0 fully saturated rings. The molecule has 0 amide bonds. The van der Waals surface area contributed by atoms with E-state index in [1.807, 2.05) is 13.8 Å². The standard InChI is InChI=1S/C21H21F3O4/c1-4-13(2)28-17-11-15(19(18(25)12-17)20(26)27-3)8-5-14-6-9-16(10-7-14)21(22,23)24/h5-13,25H,4H2,1-3H3. The van der Waals surface area contributed by atoms with Crippen molar-refractivity contribution in [2.75, 3.05) is 7.11 Å². The molecule has 0 bridgehead atoms. The molecule has 0 aliphatic carbocycles. The van der Waals surface area contributed by atoms with Crippen LogP contribution < -0.4 is 4.74 Å². The Balaban J connectivity index is 2.40. The molecule has 1 unspecified atom stereocenters. The van der Waals surface area contributed by atoms with Crippen LogP contribution in [0, 0.1) is 0 Å². The second kappa shape index (κ2) is 8.82. The van der Waals surface area contributed by atoms with Crippen LogP contribution in [-0.4, -0.2) is 24.3 Å². The normalized spacial score (nSPS) is 12.8. The predicted octanol–water partition coefficient (Wildman–Crippen LogP) is 5.55. The summed E-state index contributed by atoms with van der Waals surface area (Å²) in [4.78, 5) is 12.0. The Labute approximate surface area is 161 Å². The summed E-state index contributed by atoms with van der Waals surface area (Å²) >= 11 is 0. The van der Waals surface area contributed by atoms with Crippen LogP contribution in [0.5, 0.6) is 11.5 Å². The summed E-state index contributed by atoms with van der Waals surface area (Å²) in [6, 6.07) is 7.47. The van der Waals surface area contributed by atoms with Gasteiger partial charge in [-0.3, -0.25) is 0 Å². The lowest BCUT2D eigenvalue weighted by Crippen LogP contribution is -2.11. The fourth-order valence-corrected chi connectivity index (χ4v) is 2.43. The van der Waals surface area contributed by atoms with Gasteiger partial charge in [0.05, 0.1) is 18.8 Å². The van der Waals surface area contributed by atoms with Crippen LogP contribution in [0.25, 0.3) is 12.2 Å². The van der Waals surface area contributed by atoms with E-state index in [-0.39, 0.29) is 17.4 Å². The van der Waals surface area contributed by atoms with Crippen molar-refractivity contribution in [2.45, 2.75) is 32.5 Å². The van der Waals surface area contributed by atoms with Crippen molar-refractivity contribution in [1.29, 1.82) is 0 Å². The predicted molar refractivity (Wildman–Crippen MR) is 100 cm³/mol. The van der Waals surface area contributed by atoms with Crippen LogP contribution in [0.15, 0.2) is 36.4 Å². The summed E-state index contributed by atoms with van der Waals surface area (Å²) in [6.07, 6.45) is -0.716. The van der Waals surface area contributed by atoms with E-state index >= 15 is 0 Å². The Morgan fingerprint density at radius 1 is 1.18 bits per heavy atom. The molecular formula is C21H21F3O4. The third-order valence-electron chi connectivity index (χ3n) is 4.12. The number of carbonyl (C=O) groups is 1. The van der Waals surface area contributed by atoms with Crippen molar-refractivity contribution >= 4 is 18.1 Å². The molecule has 0 aliphatic heterocycles. The highest BCUT2D eigenvalue weighted by atomic mass is 19.4. The number of methoxy groups -OCH3 is 1. The lowest BCUT2D eigenvalue weighted by molar-refractivity contribution is -0.137. The average Bonchev–Trinajstić information content (AvgIpc) is 2.65. The van der Waals surface area contributed by atoms with Crippen LogP contribution >= 0.6 is 0 Å². The molecule has 0 heterocycles. The maximum Gasteiger partial charge on any atom is 0.416 e. The number of phenols is 1. The summed E-state index contributed by atoms with van der Waals surface area (Å²) in [5, 5.41) is 10.2. The average molecular weight is 394 g/mol. The first-order valence-electron chi connectivity index (χ1n) is 8.63. The second-order valence-electron chi connectivity index (χ2n) is 6.19. The first kappa shape index (κ1) is 21.3. The van der Waals surface area contributed by atoms with Crippen molar-refractivity contribution in [1.82, 2.24) is 0 Å². The van der Waals surface area contributed by atoms with Crippen LogP contribution in [0.1, 0.15) is 47.3 Å². The van der Waals surface area contributed by atoms with Crippen LogP contribution in [0.2, 0.25) is 0 Å². The molecule has 0 aromatic heterocycles. The van der Waals surface area contributed by atoms with E-state index in [4.69, 9.17) is 9.47 Å². The number of alkyl halides is 3. The number of rotatable bonds is 6. The Morgan fingerprint density at radius 2 is 1.82 bits per heavy atom. The van der Waals surface area contributed by atoms with Gasteiger partial charge in [-0.25, -0.2) is 4.79 Å².